The maximum Gasteiger partial charge on any atom is 0.244 e. The number of rotatable bonds is 6. The molecule has 0 amide bonds. The summed E-state index contributed by atoms with van der Waals surface area (Å²) in [6, 6.07) is 8.90. The van der Waals surface area contributed by atoms with Gasteiger partial charge in [-0.3, -0.25) is 0 Å². The number of hydrogen-bond acceptors (Lipinski definition) is 4. The molecule has 0 spiro atoms. The average Bonchev–Trinajstić information content (AvgIpc) is 2.53. The third kappa shape index (κ3) is 4.13. The molecule has 5 nitrogen and oxygen atoms in total. The van der Waals surface area contributed by atoms with Gasteiger partial charge in [-0.2, -0.15) is 0 Å². The van der Waals surface area contributed by atoms with E-state index in [1.807, 2.05) is 0 Å². The van der Waals surface area contributed by atoms with E-state index >= 15 is 0 Å². The van der Waals surface area contributed by atoms with Crippen LogP contribution in [0, 0.1) is 0 Å². The van der Waals surface area contributed by atoms with Gasteiger partial charge in [-0.15, -0.1) is 0 Å². The quantitative estimate of drug-likeness (QED) is 0.808. The van der Waals surface area contributed by atoms with Crippen molar-refractivity contribution in [2.45, 2.75) is 17.9 Å². The highest BCUT2D eigenvalue weighted by Gasteiger charge is 2.24. The van der Waals surface area contributed by atoms with Crippen LogP contribution in [0.2, 0.25) is 10.0 Å². The number of hydrogen-bond donors (Lipinski definition) is 1. The van der Waals surface area contributed by atoms with Crippen molar-refractivity contribution in [3.8, 4) is 11.5 Å². The third-order valence-electron chi connectivity index (χ3n) is 3.42. The second-order valence-corrected chi connectivity index (χ2v) is 7.55. The summed E-state index contributed by atoms with van der Waals surface area (Å²) in [5.41, 5.74) is 0.617. The number of ether oxygens (including phenoxy) is 2. The van der Waals surface area contributed by atoms with Crippen LogP contribution in [0.25, 0.3) is 0 Å². The lowest BCUT2D eigenvalue weighted by atomic mass is 10.1. The summed E-state index contributed by atoms with van der Waals surface area (Å²) in [5.74, 6) is 0.631. The van der Waals surface area contributed by atoms with Gasteiger partial charge in [0, 0.05) is 22.2 Å². The summed E-state index contributed by atoms with van der Waals surface area (Å²) in [4.78, 5) is -0.0127. The Balaban J connectivity index is 2.37. The molecular formula is C16H17Cl2NO4S. The Hall–Kier alpha value is -1.47. The average molecular weight is 390 g/mol. The van der Waals surface area contributed by atoms with Crippen molar-refractivity contribution >= 4 is 33.2 Å². The normalized spacial score (nSPS) is 12.7. The van der Waals surface area contributed by atoms with Crippen LogP contribution >= 0.6 is 23.2 Å². The topological polar surface area (TPSA) is 64.6 Å². The Morgan fingerprint density at radius 2 is 1.75 bits per heavy atom. The molecule has 0 aromatic heterocycles. The van der Waals surface area contributed by atoms with Crippen molar-refractivity contribution in [2.24, 2.45) is 0 Å². The highest BCUT2D eigenvalue weighted by molar-refractivity contribution is 7.89. The summed E-state index contributed by atoms with van der Waals surface area (Å²) in [6.45, 7) is 1.69. The standard InChI is InChI=1S/C16H17Cl2NO4S/c1-10(13-6-4-11(17)8-14(13)18)19-24(20,21)16-9-12(22-2)5-7-15(16)23-3/h4-10,19H,1-3H3. The molecule has 0 bridgehead atoms. The lowest BCUT2D eigenvalue weighted by molar-refractivity contribution is 0.391. The molecule has 0 aliphatic carbocycles. The Labute approximate surface area is 151 Å². The lowest BCUT2D eigenvalue weighted by Gasteiger charge is -2.18. The largest absolute Gasteiger partial charge is 0.497 e. The molecule has 0 aliphatic rings. The second kappa shape index (κ2) is 7.61. The molecule has 0 heterocycles. The summed E-state index contributed by atoms with van der Waals surface area (Å²) < 4.78 is 38.3. The first-order valence-electron chi connectivity index (χ1n) is 6.98. The lowest BCUT2D eigenvalue weighted by Crippen LogP contribution is -2.27. The van der Waals surface area contributed by atoms with Crippen LogP contribution in [0.1, 0.15) is 18.5 Å². The molecule has 0 radical (unpaired) electrons. The molecule has 24 heavy (non-hydrogen) atoms. The predicted molar refractivity (Wildman–Crippen MR) is 94.7 cm³/mol. The molecule has 1 unspecified atom stereocenters. The Morgan fingerprint density at radius 3 is 2.33 bits per heavy atom. The predicted octanol–water partition coefficient (Wildman–Crippen LogP) is 4.05. The number of halogens is 2. The van der Waals surface area contributed by atoms with Crippen LogP contribution in [0.4, 0.5) is 0 Å². The SMILES string of the molecule is COc1ccc(OC)c(S(=O)(=O)NC(C)c2ccc(Cl)cc2Cl)c1. The summed E-state index contributed by atoms with van der Waals surface area (Å²) in [6.07, 6.45) is 0. The van der Waals surface area contributed by atoms with Crippen molar-refractivity contribution in [3.63, 3.8) is 0 Å². The van der Waals surface area contributed by atoms with Gasteiger partial charge in [0.2, 0.25) is 10.0 Å². The minimum atomic E-state index is -3.86. The smallest absolute Gasteiger partial charge is 0.244 e. The third-order valence-corrected chi connectivity index (χ3v) is 5.55. The van der Waals surface area contributed by atoms with Gasteiger partial charge in [0.15, 0.2) is 0 Å². The van der Waals surface area contributed by atoms with Crippen LogP contribution in [-0.4, -0.2) is 22.6 Å². The number of benzene rings is 2. The van der Waals surface area contributed by atoms with E-state index in [1.54, 1.807) is 31.2 Å². The first kappa shape index (κ1) is 18.9. The molecule has 2 aromatic carbocycles. The van der Waals surface area contributed by atoms with Crippen LogP contribution in [0.3, 0.4) is 0 Å². The molecule has 1 atom stereocenters. The minimum absolute atomic E-state index is 0.0127. The fourth-order valence-electron chi connectivity index (χ4n) is 2.21. The molecule has 8 heteroatoms. The highest BCUT2D eigenvalue weighted by Crippen LogP contribution is 2.31. The zero-order valence-electron chi connectivity index (χ0n) is 13.3. The van der Waals surface area contributed by atoms with E-state index in [0.717, 1.165) is 0 Å². The number of sulfonamides is 1. The van der Waals surface area contributed by atoms with E-state index < -0.39 is 16.1 Å². The van der Waals surface area contributed by atoms with Gasteiger partial charge in [0.1, 0.15) is 16.4 Å². The Kier molecular flexibility index (Phi) is 5.98. The van der Waals surface area contributed by atoms with E-state index in [0.29, 0.717) is 21.4 Å². The van der Waals surface area contributed by atoms with Gasteiger partial charge in [-0.1, -0.05) is 29.3 Å². The van der Waals surface area contributed by atoms with Crippen molar-refractivity contribution in [2.75, 3.05) is 14.2 Å². The fourth-order valence-corrected chi connectivity index (χ4v) is 4.19. The number of methoxy groups -OCH3 is 2. The van der Waals surface area contributed by atoms with Gasteiger partial charge in [0.05, 0.1) is 14.2 Å². The van der Waals surface area contributed by atoms with Crippen molar-refractivity contribution < 1.29 is 17.9 Å². The van der Waals surface area contributed by atoms with Crippen LogP contribution in [0.5, 0.6) is 11.5 Å². The molecule has 2 rings (SSSR count). The van der Waals surface area contributed by atoms with Gasteiger partial charge in [0.25, 0.3) is 0 Å². The maximum atomic E-state index is 12.7. The van der Waals surface area contributed by atoms with Gasteiger partial charge in [-0.25, -0.2) is 13.1 Å². The van der Waals surface area contributed by atoms with Gasteiger partial charge >= 0.3 is 0 Å². The molecule has 0 saturated heterocycles. The van der Waals surface area contributed by atoms with Crippen molar-refractivity contribution in [1.82, 2.24) is 4.72 Å². The fraction of sp³-hybridized carbons (Fsp3) is 0.250. The van der Waals surface area contributed by atoms with Crippen molar-refractivity contribution in [3.05, 3.63) is 52.0 Å². The maximum absolute atomic E-state index is 12.7. The van der Waals surface area contributed by atoms with E-state index in [9.17, 15) is 8.42 Å². The Bertz CT molecular complexity index is 840. The first-order chi connectivity index (χ1) is 11.3. The zero-order valence-corrected chi connectivity index (χ0v) is 15.7. The molecule has 0 fully saturated rings. The van der Waals surface area contributed by atoms with E-state index in [-0.39, 0.29) is 10.6 Å². The Morgan fingerprint density at radius 1 is 1.04 bits per heavy atom. The van der Waals surface area contributed by atoms with E-state index in [2.05, 4.69) is 4.72 Å². The molecule has 0 saturated carbocycles. The van der Waals surface area contributed by atoms with E-state index in [4.69, 9.17) is 32.7 Å². The van der Waals surface area contributed by atoms with Gasteiger partial charge in [-0.05, 0) is 36.8 Å². The molecule has 1 N–H and O–H groups in total. The monoisotopic (exact) mass is 389 g/mol. The summed E-state index contributed by atoms with van der Waals surface area (Å²) in [5, 5.41) is 0.864. The molecular weight excluding hydrogens is 373 g/mol. The second-order valence-electron chi connectivity index (χ2n) is 5.03. The minimum Gasteiger partial charge on any atom is -0.497 e. The van der Waals surface area contributed by atoms with Gasteiger partial charge < -0.3 is 9.47 Å². The van der Waals surface area contributed by atoms with Crippen LogP contribution in [-0.2, 0) is 10.0 Å². The van der Waals surface area contributed by atoms with Crippen LogP contribution < -0.4 is 14.2 Å². The van der Waals surface area contributed by atoms with Crippen molar-refractivity contribution in [1.29, 1.82) is 0 Å². The summed E-state index contributed by atoms with van der Waals surface area (Å²) in [7, 11) is -0.993. The molecule has 130 valence electrons. The zero-order chi connectivity index (χ0) is 17.9. The van der Waals surface area contributed by atoms with Crippen LogP contribution in [0.15, 0.2) is 41.3 Å². The highest BCUT2D eigenvalue weighted by atomic mass is 35.5. The molecule has 2 aromatic rings. The van der Waals surface area contributed by atoms with E-state index in [1.165, 1.54) is 26.4 Å². The number of nitrogens with one attached hydrogen (secondary N) is 1. The molecule has 0 aliphatic heterocycles. The first-order valence-corrected chi connectivity index (χ1v) is 9.21. The summed E-state index contributed by atoms with van der Waals surface area (Å²) >= 11 is 12.0.